The van der Waals surface area contributed by atoms with Crippen molar-refractivity contribution >= 4 is 39.0 Å². The van der Waals surface area contributed by atoms with Gasteiger partial charge in [0.1, 0.15) is 0 Å². The zero-order valence-corrected chi connectivity index (χ0v) is 16.2. The third kappa shape index (κ3) is 5.93. The van der Waals surface area contributed by atoms with E-state index in [9.17, 15) is 13.2 Å². The highest BCUT2D eigenvalue weighted by Crippen LogP contribution is 2.22. The number of nitrogens with one attached hydrogen (secondary N) is 3. The highest BCUT2D eigenvalue weighted by Gasteiger charge is 2.13. The first-order valence-corrected chi connectivity index (χ1v) is 10.3. The van der Waals surface area contributed by atoms with Crippen LogP contribution in [0.15, 0.2) is 48.5 Å². The number of carbonyl (C=O) groups is 1. The third-order valence-electron chi connectivity index (χ3n) is 3.59. The minimum Gasteiger partial charge on any atom is -0.331 e. The SMILES string of the molecule is CCCS(=O)(=O)Nc1cccc(NC(=O)NC(C)c2ccccc2Cl)c1. The lowest BCUT2D eigenvalue weighted by Gasteiger charge is -2.16. The first kappa shape index (κ1) is 20.1. The predicted molar refractivity (Wildman–Crippen MR) is 106 cm³/mol. The third-order valence-corrected chi connectivity index (χ3v) is 5.42. The second kappa shape index (κ2) is 8.91. The summed E-state index contributed by atoms with van der Waals surface area (Å²) in [5.41, 5.74) is 1.69. The summed E-state index contributed by atoms with van der Waals surface area (Å²) in [7, 11) is -3.38. The van der Waals surface area contributed by atoms with Gasteiger partial charge in [0.2, 0.25) is 10.0 Å². The lowest BCUT2D eigenvalue weighted by molar-refractivity contribution is 0.249. The highest BCUT2D eigenvalue weighted by atomic mass is 35.5. The van der Waals surface area contributed by atoms with Crippen molar-refractivity contribution in [1.82, 2.24) is 5.32 Å². The van der Waals surface area contributed by atoms with Crippen LogP contribution in [0.1, 0.15) is 31.9 Å². The number of hydrogen-bond acceptors (Lipinski definition) is 3. The van der Waals surface area contributed by atoms with Crippen LogP contribution >= 0.6 is 11.6 Å². The molecule has 3 N–H and O–H groups in total. The summed E-state index contributed by atoms with van der Waals surface area (Å²) >= 11 is 6.13. The quantitative estimate of drug-likeness (QED) is 0.650. The molecule has 2 rings (SSSR count). The van der Waals surface area contributed by atoms with E-state index < -0.39 is 16.1 Å². The van der Waals surface area contributed by atoms with Gasteiger partial charge in [-0.15, -0.1) is 0 Å². The van der Waals surface area contributed by atoms with Crippen LogP contribution in [0.25, 0.3) is 0 Å². The van der Waals surface area contributed by atoms with Crippen molar-refractivity contribution in [3.8, 4) is 0 Å². The fourth-order valence-corrected chi connectivity index (χ4v) is 3.85. The van der Waals surface area contributed by atoms with Crippen molar-refractivity contribution in [2.24, 2.45) is 0 Å². The molecule has 0 saturated heterocycles. The average molecular weight is 396 g/mol. The largest absolute Gasteiger partial charge is 0.331 e. The monoisotopic (exact) mass is 395 g/mol. The van der Waals surface area contributed by atoms with E-state index in [1.807, 2.05) is 25.1 Å². The van der Waals surface area contributed by atoms with E-state index in [1.54, 1.807) is 37.3 Å². The Morgan fingerprint density at radius 3 is 2.50 bits per heavy atom. The van der Waals surface area contributed by atoms with E-state index in [2.05, 4.69) is 15.4 Å². The Labute approximate surface area is 159 Å². The van der Waals surface area contributed by atoms with Gasteiger partial charge in [0.05, 0.1) is 17.5 Å². The Morgan fingerprint density at radius 1 is 1.12 bits per heavy atom. The number of anilines is 2. The molecule has 140 valence electrons. The fraction of sp³-hybridized carbons (Fsp3) is 0.278. The fourth-order valence-electron chi connectivity index (χ4n) is 2.43. The van der Waals surface area contributed by atoms with E-state index >= 15 is 0 Å². The van der Waals surface area contributed by atoms with E-state index in [0.29, 0.717) is 22.8 Å². The Balaban J connectivity index is 2.01. The number of halogens is 1. The Hall–Kier alpha value is -2.25. The molecule has 8 heteroatoms. The molecule has 1 atom stereocenters. The van der Waals surface area contributed by atoms with Crippen LogP contribution in [0, 0.1) is 0 Å². The van der Waals surface area contributed by atoms with Gasteiger partial charge in [0, 0.05) is 10.7 Å². The lowest BCUT2D eigenvalue weighted by Crippen LogP contribution is -2.31. The molecule has 2 aromatic rings. The van der Waals surface area contributed by atoms with Gasteiger partial charge in [0.25, 0.3) is 0 Å². The van der Waals surface area contributed by atoms with Crippen molar-refractivity contribution in [3.63, 3.8) is 0 Å². The van der Waals surface area contributed by atoms with Gasteiger partial charge in [-0.25, -0.2) is 13.2 Å². The zero-order chi connectivity index (χ0) is 19.2. The van der Waals surface area contributed by atoms with Crippen LogP contribution < -0.4 is 15.4 Å². The van der Waals surface area contributed by atoms with E-state index in [1.165, 1.54) is 0 Å². The number of hydrogen-bond donors (Lipinski definition) is 3. The minimum absolute atomic E-state index is 0.0422. The van der Waals surface area contributed by atoms with Crippen LogP contribution in [-0.4, -0.2) is 20.2 Å². The second-order valence-electron chi connectivity index (χ2n) is 5.84. The standard InChI is InChI=1S/C18H22ClN3O3S/c1-3-11-26(24,25)22-15-8-6-7-14(12-15)21-18(23)20-13(2)16-9-4-5-10-17(16)19/h4-10,12-13,22H,3,11H2,1-2H3,(H2,20,21,23). The molecule has 1 unspecified atom stereocenters. The molecular formula is C18H22ClN3O3S. The topological polar surface area (TPSA) is 87.3 Å². The number of benzene rings is 2. The molecule has 0 heterocycles. The normalized spacial score (nSPS) is 12.3. The molecule has 0 aliphatic heterocycles. The van der Waals surface area contributed by atoms with Gasteiger partial charge < -0.3 is 10.6 Å². The van der Waals surface area contributed by atoms with E-state index in [4.69, 9.17) is 11.6 Å². The van der Waals surface area contributed by atoms with E-state index in [0.717, 1.165) is 5.56 Å². The first-order valence-electron chi connectivity index (χ1n) is 8.23. The summed E-state index contributed by atoms with van der Waals surface area (Å²) in [4.78, 5) is 12.2. The number of carbonyl (C=O) groups excluding carboxylic acids is 1. The summed E-state index contributed by atoms with van der Waals surface area (Å²) in [6.07, 6.45) is 0.523. The average Bonchev–Trinajstić information content (AvgIpc) is 2.54. The molecular weight excluding hydrogens is 374 g/mol. The van der Waals surface area contributed by atoms with Crippen molar-refractivity contribution in [3.05, 3.63) is 59.1 Å². The molecule has 0 bridgehead atoms. The number of rotatable bonds is 7. The van der Waals surface area contributed by atoms with Crippen LogP contribution in [0.3, 0.4) is 0 Å². The van der Waals surface area contributed by atoms with Crippen molar-refractivity contribution in [2.75, 3.05) is 15.8 Å². The minimum atomic E-state index is -3.38. The molecule has 0 aromatic heterocycles. The zero-order valence-electron chi connectivity index (χ0n) is 14.6. The molecule has 0 radical (unpaired) electrons. The van der Waals surface area contributed by atoms with Gasteiger partial charge in [0.15, 0.2) is 0 Å². The van der Waals surface area contributed by atoms with Gasteiger partial charge in [-0.3, -0.25) is 4.72 Å². The van der Waals surface area contributed by atoms with Crippen LogP contribution in [0.4, 0.5) is 16.2 Å². The molecule has 0 spiro atoms. The summed E-state index contributed by atoms with van der Waals surface area (Å²) < 4.78 is 26.2. The Morgan fingerprint density at radius 2 is 1.81 bits per heavy atom. The number of amides is 2. The molecule has 2 amide bonds. The molecule has 0 saturated carbocycles. The molecule has 0 aliphatic carbocycles. The molecule has 0 fully saturated rings. The van der Waals surface area contributed by atoms with Crippen molar-refractivity contribution in [1.29, 1.82) is 0 Å². The van der Waals surface area contributed by atoms with Crippen molar-refractivity contribution in [2.45, 2.75) is 26.3 Å². The van der Waals surface area contributed by atoms with Gasteiger partial charge in [-0.2, -0.15) is 0 Å². The van der Waals surface area contributed by atoms with Crippen molar-refractivity contribution < 1.29 is 13.2 Å². The first-order chi connectivity index (χ1) is 12.3. The van der Waals surface area contributed by atoms with Gasteiger partial charge in [-0.1, -0.05) is 42.8 Å². The summed E-state index contributed by atoms with van der Waals surface area (Å²) in [5, 5.41) is 6.07. The van der Waals surface area contributed by atoms with Crippen LogP contribution in [0.2, 0.25) is 5.02 Å². The maximum atomic E-state index is 12.2. The maximum absolute atomic E-state index is 12.2. The summed E-state index contributed by atoms with van der Waals surface area (Å²) in [6, 6.07) is 13.1. The van der Waals surface area contributed by atoms with Gasteiger partial charge in [-0.05, 0) is 43.2 Å². The number of sulfonamides is 1. The number of urea groups is 1. The molecule has 0 aliphatic rings. The Bertz CT molecular complexity index is 871. The van der Waals surface area contributed by atoms with Gasteiger partial charge >= 0.3 is 6.03 Å². The highest BCUT2D eigenvalue weighted by molar-refractivity contribution is 7.92. The molecule has 6 nitrogen and oxygen atoms in total. The molecule has 2 aromatic carbocycles. The summed E-state index contributed by atoms with van der Waals surface area (Å²) in [5.74, 6) is 0.0422. The van der Waals surface area contributed by atoms with E-state index in [-0.39, 0.29) is 11.8 Å². The summed E-state index contributed by atoms with van der Waals surface area (Å²) in [6.45, 7) is 3.62. The Kier molecular flexibility index (Phi) is 6.88. The maximum Gasteiger partial charge on any atom is 0.319 e. The van der Waals surface area contributed by atoms with Crippen LogP contribution in [0.5, 0.6) is 0 Å². The second-order valence-corrected chi connectivity index (χ2v) is 8.09. The predicted octanol–water partition coefficient (Wildman–Crippen LogP) is 4.37. The smallest absolute Gasteiger partial charge is 0.319 e. The van der Waals surface area contributed by atoms with Crippen LogP contribution in [-0.2, 0) is 10.0 Å². The lowest BCUT2D eigenvalue weighted by atomic mass is 10.1. The molecule has 26 heavy (non-hydrogen) atoms.